The van der Waals surface area contributed by atoms with Gasteiger partial charge in [-0.25, -0.2) is 0 Å². The van der Waals surface area contributed by atoms with Gasteiger partial charge in [0.2, 0.25) is 0 Å². The molecule has 0 aromatic rings. The maximum atomic E-state index is 3.68. The van der Waals surface area contributed by atoms with Crippen LogP contribution in [-0.2, 0) is 0 Å². The lowest BCUT2D eigenvalue weighted by Crippen LogP contribution is -2.60. The van der Waals surface area contributed by atoms with E-state index in [1.807, 2.05) is 0 Å². The first kappa shape index (κ1) is 11.4. The molecule has 0 bridgehead atoms. The van der Waals surface area contributed by atoms with Crippen LogP contribution in [0, 0.1) is 0 Å². The van der Waals surface area contributed by atoms with Crippen LogP contribution in [-0.4, -0.2) is 36.1 Å². The summed E-state index contributed by atoms with van der Waals surface area (Å²) in [6.45, 7) is 8.58. The van der Waals surface area contributed by atoms with Crippen molar-refractivity contribution in [3.05, 3.63) is 0 Å². The van der Waals surface area contributed by atoms with E-state index in [4.69, 9.17) is 0 Å². The van der Waals surface area contributed by atoms with Gasteiger partial charge >= 0.3 is 0 Å². The molecule has 2 aliphatic rings. The van der Waals surface area contributed by atoms with Gasteiger partial charge in [0.25, 0.3) is 0 Å². The first-order valence-electron chi connectivity index (χ1n) is 6.78. The van der Waals surface area contributed by atoms with Gasteiger partial charge in [-0.3, -0.25) is 4.90 Å². The second kappa shape index (κ2) is 4.84. The van der Waals surface area contributed by atoms with Crippen molar-refractivity contribution in [3.63, 3.8) is 0 Å². The molecule has 0 aromatic heterocycles. The summed E-state index contributed by atoms with van der Waals surface area (Å²) in [6, 6.07) is 0.700. The Balaban J connectivity index is 2.02. The molecule has 1 spiro atoms. The number of unbranched alkanes of at least 4 members (excludes halogenated alkanes) is 1. The molecule has 2 unspecified atom stereocenters. The van der Waals surface area contributed by atoms with Gasteiger partial charge in [0.15, 0.2) is 0 Å². The highest BCUT2D eigenvalue weighted by atomic mass is 15.3. The minimum absolute atomic E-state index is 0.521. The van der Waals surface area contributed by atoms with E-state index in [0.717, 1.165) is 0 Å². The van der Waals surface area contributed by atoms with Crippen molar-refractivity contribution >= 4 is 0 Å². The van der Waals surface area contributed by atoms with Crippen molar-refractivity contribution in [2.45, 2.75) is 64.0 Å². The van der Waals surface area contributed by atoms with Crippen LogP contribution in [0.3, 0.4) is 0 Å². The number of piperidine rings is 1. The molecule has 15 heavy (non-hydrogen) atoms. The predicted molar refractivity (Wildman–Crippen MR) is 65.1 cm³/mol. The van der Waals surface area contributed by atoms with Crippen molar-refractivity contribution in [1.82, 2.24) is 10.2 Å². The van der Waals surface area contributed by atoms with Gasteiger partial charge in [-0.15, -0.1) is 0 Å². The molecule has 0 amide bonds. The Morgan fingerprint density at radius 2 is 2.13 bits per heavy atom. The fourth-order valence-corrected chi connectivity index (χ4v) is 3.53. The normalized spacial score (nSPS) is 37.6. The third-order valence-electron chi connectivity index (χ3n) is 4.49. The van der Waals surface area contributed by atoms with E-state index in [0.29, 0.717) is 11.6 Å². The minimum Gasteiger partial charge on any atom is -0.312 e. The summed E-state index contributed by atoms with van der Waals surface area (Å²) in [5.74, 6) is 0. The predicted octanol–water partition coefficient (Wildman–Crippen LogP) is 2.39. The molecule has 88 valence electrons. The molecule has 2 heterocycles. The summed E-state index contributed by atoms with van der Waals surface area (Å²) in [5, 5.41) is 3.68. The molecule has 0 aromatic carbocycles. The van der Waals surface area contributed by atoms with E-state index < -0.39 is 0 Å². The summed E-state index contributed by atoms with van der Waals surface area (Å²) < 4.78 is 0. The van der Waals surface area contributed by atoms with Crippen LogP contribution in [0.1, 0.15) is 52.4 Å². The molecule has 1 N–H and O–H groups in total. The van der Waals surface area contributed by atoms with Gasteiger partial charge in [0.05, 0.1) is 0 Å². The van der Waals surface area contributed by atoms with Crippen LogP contribution < -0.4 is 5.32 Å². The average molecular weight is 210 g/mol. The van der Waals surface area contributed by atoms with E-state index in [2.05, 4.69) is 24.1 Å². The van der Waals surface area contributed by atoms with Crippen LogP contribution in [0.15, 0.2) is 0 Å². The summed E-state index contributed by atoms with van der Waals surface area (Å²) in [5.41, 5.74) is 0.521. The topological polar surface area (TPSA) is 15.3 Å². The highest BCUT2D eigenvalue weighted by Crippen LogP contribution is 2.38. The molecule has 2 rings (SSSR count). The summed E-state index contributed by atoms with van der Waals surface area (Å²) in [4.78, 5) is 2.79. The van der Waals surface area contributed by atoms with Crippen molar-refractivity contribution in [3.8, 4) is 0 Å². The number of rotatable bonds is 3. The Bertz CT molecular complexity index is 205. The molecule has 2 heteroatoms. The summed E-state index contributed by atoms with van der Waals surface area (Å²) >= 11 is 0. The number of nitrogens with zero attached hydrogens (tertiary/aromatic N) is 1. The van der Waals surface area contributed by atoms with Crippen LogP contribution in [0.5, 0.6) is 0 Å². The quantitative estimate of drug-likeness (QED) is 0.769. The molecule has 0 saturated carbocycles. The Morgan fingerprint density at radius 1 is 1.33 bits per heavy atom. The maximum absolute atomic E-state index is 3.68. The lowest BCUT2D eigenvalue weighted by atomic mass is 9.81. The zero-order valence-corrected chi connectivity index (χ0v) is 10.4. The van der Waals surface area contributed by atoms with Crippen molar-refractivity contribution in [2.75, 3.05) is 19.6 Å². The molecule has 2 atom stereocenters. The Morgan fingerprint density at radius 3 is 2.87 bits per heavy atom. The van der Waals surface area contributed by atoms with E-state index in [1.54, 1.807) is 0 Å². The molecular formula is C13H26N2. The van der Waals surface area contributed by atoms with Crippen molar-refractivity contribution in [1.29, 1.82) is 0 Å². The molecule has 0 radical (unpaired) electrons. The highest BCUT2D eigenvalue weighted by Gasteiger charge is 2.45. The fourth-order valence-electron chi connectivity index (χ4n) is 3.53. The first-order chi connectivity index (χ1) is 7.29. The summed E-state index contributed by atoms with van der Waals surface area (Å²) in [6.07, 6.45) is 8.32. The Kier molecular flexibility index (Phi) is 3.68. The van der Waals surface area contributed by atoms with E-state index in [1.165, 1.54) is 58.2 Å². The molecule has 2 nitrogen and oxygen atoms in total. The number of likely N-dealkylation sites (tertiary alicyclic amines) is 1. The van der Waals surface area contributed by atoms with Gasteiger partial charge in [0.1, 0.15) is 0 Å². The van der Waals surface area contributed by atoms with Crippen LogP contribution in [0.25, 0.3) is 0 Å². The van der Waals surface area contributed by atoms with Crippen molar-refractivity contribution in [2.24, 2.45) is 0 Å². The first-order valence-corrected chi connectivity index (χ1v) is 6.78. The molecule has 2 saturated heterocycles. The van der Waals surface area contributed by atoms with Crippen LogP contribution in [0.2, 0.25) is 0 Å². The Hall–Kier alpha value is -0.0800. The Labute approximate surface area is 94.4 Å². The molecular weight excluding hydrogens is 184 g/mol. The second-order valence-electron chi connectivity index (χ2n) is 5.33. The standard InChI is InChI=1S/C13H26N2/c1-3-4-10-15-11-6-8-13(15)7-5-9-14-12(13)2/h12,14H,3-11H2,1-2H3. The zero-order valence-electron chi connectivity index (χ0n) is 10.4. The molecule has 2 aliphatic heterocycles. The zero-order chi connectivity index (χ0) is 10.7. The van der Waals surface area contributed by atoms with Gasteiger partial charge in [-0.2, -0.15) is 0 Å². The maximum Gasteiger partial charge on any atom is 0.0360 e. The largest absolute Gasteiger partial charge is 0.312 e. The van der Waals surface area contributed by atoms with Gasteiger partial charge in [-0.1, -0.05) is 13.3 Å². The lowest BCUT2D eigenvalue weighted by Gasteiger charge is -2.47. The fraction of sp³-hybridized carbons (Fsp3) is 1.00. The summed E-state index contributed by atoms with van der Waals surface area (Å²) in [7, 11) is 0. The van der Waals surface area contributed by atoms with E-state index >= 15 is 0 Å². The smallest absolute Gasteiger partial charge is 0.0360 e. The van der Waals surface area contributed by atoms with Gasteiger partial charge < -0.3 is 5.32 Å². The molecule has 2 fully saturated rings. The lowest BCUT2D eigenvalue weighted by molar-refractivity contribution is 0.0668. The number of hydrogen-bond acceptors (Lipinski definition) is 2. The van der Waals surface area contributed by atoms with Crippen molar-refractivity contribution < 1.29 is 0 Å². The minimum atomic E-state index is 0.521. The third kappa shape index (κ3) is 2.07. The number of hydrogen-bond donors (Lipinski definition) is 1. The van der Waals surface area contributed by atoms with E-state index in [-0.39, 0.29) is 0 Å². The SMILES string of the molecule is CCCCN1CCCC12CCCNC2C. The number of nitrogens with one attached hydrogen (secondary N) is 1. The average Bonchev–Trinajstić information content (AvgIpc) is 2.64. The van der Waals surface area contributed by atoms with Crippen LogP contribution in [0.4, 0.5) is 0 Å². The monoisotopic (exact) mass is 210 g/mol. The highest BCUT2D eigenvalue weighted by molar-refractivity contribution is 5.04. The van der Waals surface area contributed by atoms with E-state index in [9.17, 15) is 0 Å². The van der Waals surface area contributed by atoms with Gasteiger partial charge in [-0.05, 0) is 58.7 Å². The van der Waals surface area contributed by atoms with Crippen LogP contribution >= 0.6 is 0 Å². The molecule has 0 aliphatic carbocycles. The second-order valence-corrected chi connectivity index (χ2v) is 5.33. The van der Waals surface area contributed by atoms with Gasteiger partial charge in [0, 0.05) is 11.6 Å². The third-order valence-corrected chi connectivity index (χ3v) is 4.49.